The van der Waals surface area contributed by atoms with Gasteiger partial charge in [0, 0.05) is 44.0 Å². The number of carbonyl (C=O) groups is 1. The van der Waals surface area contributed by atoms with Gasteiger partial charge >= 0.3 is 5.97 Å². The highest BCUT2D eigenvalue weighted by molar-refractivity contribution is 5.77. The number of nitrogen functional groups attached to an aromatic ring is 1. The molecule has 0 amide bonds. The molecule has 2 heterocycles. The summed E-state index contributed by atoms with van der Waals surface area (Å²) in [6.07, 6.45) is 0.834. The smallest absolute Gasteiger partial charge is 0.323 e. The second kappa shape index (κ2) is 5.09. The van der Waals surface area contributed by atoms with Crippen molar-refractivity contribution in [2.24, 2.45) is 0 Å². The Bertz CT molecular complexity index is 452. The molecule has 0 spiro atoms. The van der Waals surface area contributed by atoms with Crippen molar-refractivity contribution in [1.82, 2.24) is 4.90 Å². The zero-order chi connectivity index (χ0) is 13.2. The number of nitrogens with zero attached hydrogens (tertiary/aromatic N) is 2. The van der Waals surface area contributed by atoms with E-state index in [4.69, 9.17) is 10.5 Å². The highest BCUT2D eigenvalue weighted by atomic mass is 16.5. The first kappa shape index (κ1) is 12.3. The lowest BCUT2D eigenvalue weighted by molar-refractivity contribution is -0.142. The number of rotatable bonds is 2. The van der Waals surface area contributed by atoms with Gasteiger partial charge in [-0.05, 0) is 24.3 Å². The molecule has 2 fully saturated rings. The summed E-state index contributed by atoms with van der Waals surface area (Å²) in [6, 6.07) is 7.93. The molecule has 0 bridgehead atoms. The fraction of sp³-hybridized carbons (Fsp3) is 0.500. The third kappa shape index (κ3) is 2.51. The maximum Gasteiger partial charge on any atom is 0.323 e. The molecule has 102 valence electrons. The molecule has 0 saturated carbocycles. The Balaban J connectivity index is 1.60. The summed E-state index contributed by atoms with van der Waals surface area (Å²) < 4.78 is 5.04. The normalized spacial score (nSPS) is 24.5. The summed E-state index contributed by atoms with van der Waals surface area (Å²) in [5.74, 6) is -0.0547. The fourth-order valence-corrected chi connectivity index (χ4v) is 2.79. The number of benzene rings is 1. The minimum absolute atomic E-state index is 0.0198. The Labute approximate surface area is 112 Å². The molecule has 2 aliphatic rings. The van der Waals surface area contributed by atoms with Crippen molar-refractivity contribution in [3.05, 3.63) is 24.3 Å². The Morgan fingerprint density at radius 1 is 1.11 bits per heavy atom. The molecule has 1 atom stereocenters. The highest BCUT2D eigenvalue weighted by Gasteiger charge is 2.33. The number of hydrogen-bond acceptors (Lipinski definition) is 5. The van der Waals surface area contributed by atoms with Crippen LogP contribution < -0.4 is 10.6 Å². The third-order valence-electron chi connectivity index (χ3n) is 3.92. The van der Waals surface area contributed by atoms with E-state index in [1.807, 2.05) is 12.1 Å². The molecule has 3 rings (SSSR count). The molecule has 5 nitrogen and oxygen atoms in total. The van der Waals surface area contributed by atoms with E-state index >= 15 is 0 Å². The van der Waals surface area contributed by atoms with Crippen LogP contribution in [0.2, 0.25) is 0 Å². The average Bonchev–Trinajstić information content (AvgIpc) is 2.86. The van der Waals surface area contributed by atoms with Gasteiger partial charge in [0.1, 0.15) is 6.04 Å². The van der Waals surface area contributed by atoms with Crippen LogP contribution >= 0.6 is 0 Å². The second-order valence-electron chi connectivity index (χ2n) is 5.09. The Morgan fingerprint density at radius 2 is 1.79 bits per heavy atom. The number of nitrogens with two attached hydrogens (primary N) is 1. The predicted octanol–water partition coefficient (Wildman–Crippen LogP) is 0.706. The lowest BCUT2D eigenvalue weighted by Gasteiger charge is -2.37. The summed E-state index contributed by atoms with van der Waals surface area (Å²) in [4.78, 5) is 16.1. The van der Waals surface area contributed by atoms with Gasteiger partial charge in [0.25, 0.3) is 0 Å². The van der Waals surface area contributed by atoms with Gasteiger partial charge in [0.05, 0.1) is 6.61 Å². The van der Waals surface area contributed by atoms with E-state index in [1.54, 1.807) is 0 Å². The van der Waals surface area contributed by atoms with E-state index < -0.39 is 0 Å². The summed E-state index contributed by atoms with van der Waals surface area (Å²) in [5.41, 5.74) is 7.68. The van der Waals surface area contributed by atoms with Gasteiger partial charge in [-0.3, -0.25) is 9.69 Å². The van der Waals surface area contributed by atoms with Crippen LogP contribution in [0.15, 0.2) is 24.3 Å². The van der Waals surface area contributed by atoms with E-state index in [9.17, 15) is 4.79 Å². The summed E-state index contributed by atoms with van der Waals surface area (Å²) in [6.45, 7) is 4.26. The molecule has 1 aromatic rings. The van der Waals surface area contributed by atoms with E-state index in [1.165, 1.54) is 5.69 Å². The molecule has 1 unspecified atom stereocenters. The number of esters is 1. The zero-order valence-electron chi connectivity index (χ0n) is 10.9. The third-order valence-corrected chi connectivity index (χ3v) is 3.92. The average molecular weight is 261 g/mol. The van der Waals surface area contributed by atoms with Gasteiger partial charge < -0.3 is 15.4 Å². The van der Waals surface area contributed by atoms with Crippen LogP contribution in [0.1, 0.15) is 6.42 Å². The Morgan fingerprint density at radius 3 is 2.37 bits per heavy atom. The van der Waals surface area contributed by atoms with Crippen LogP contribution in [0, 0.1) is 0 Å². The maximum atomic E-state index is 11.6. The van der Waals surface area contributed by atoms with Crippen LogP contribution in [0.25, 0.3) is 0 Å². The van der Waals surface area contributed by atoms with E-state index in [2.05, 4.69) is 21.9 Å². The monoisotopic (exact) mass is 261 g/mol. The van der Waals surface area contributed by atoms with Crippen LogP contribution in [-0.2, 0) is 9.53 Å². The van der Waals surface area contributed by atoms with Crippen molar-refractivity contribution in [3.63, 3.8) is 0 Å². The molecule has 2 N–H and O–H groups in total. The van der Waals surface area contributed by atoms with Crippen molar-refractivity contribution in [2.45, 2.75) is 12.5 Å². The number of hydrogen-bond donors (Lipinski definition) is 1. The van der Waals surface area contributed by atoms with Gasteiger partial charge in [-0.25, -0.2) is 0 Å². The van der Waals surface area contributed by atoms with E-state index in [0.717, 1.165) is 38.3 Å². The molecule has 0 aliphatic carbocycles. The SMILES string of the molecule is Nc1ccc(N2CCN(C3CCOC3=O)CC2)cc1. The number of cyclic esters (lactones) is 1. The molecule has 1 aromatic carbocycles. The van der Waals surface area contributed by atoms with Crippen molar-refractivity contribution in [2.75, 3.05) is 43.4 Å². The van der Waals surface area contributed by atoms with Gasteiger partial charge in [0.2, 0.25) is 0 Å². The second-order valence-corrected chi connectivity index (χ2v) is 5.09. The zero-order valence-corrected chi connectivity index (χ0v) is 10.9. The first-order valence-corrected chi connectivity index (χ1v) is 6.75. The molecular weight excluding hydrogens is 242 g/mol. The van der Waals surface area contributed by atoms with Crippen molar-refractivity contribution >= 4 is 17.3 Å². The van der Waals surface area contributed by atoms with Crippen LogP contribution in [-0.4, -0.2) is 49.7 Å². The van der Waals surface area contributed by atoms with Gasteiger partial charge in [-0.15, -0.1) is 0 Å². The number of ether oxygens (including phenoxy) is 1. The van der Waals surface area contributed by atoms with Gasteiger partial charge in [0.15, 0.2) is 0 Å². The first-order valence-electron chi connectivity index (χ1n) is 6.75. The van der Waals surface area contributed by atoms with Crippen LogP contribution in [0.4, 0.5) is 11.4 Å². The summed E-state index contributed by atoms with van der Waals surface area (Å²) in [5, 5.41) is 0. The summed E-state index contributed by atoms with van der Waals surface area (Å²) >= 11 is 0. The topological polar surface area (TPSA) is 58.8 Å². The fourth-order valence-electron chi connectivity index (χ4n) is 2.79. The Kier molecular flexibility index (Phi) is 3.29. The number of anilines is 2. The van der Waals surface area contributed by atoms with Crippen molar-refractivity contribution in [1.29, 1.82) is 0 Å². The van der Waals surface area contributed by atoms with Gasteiger partial charge in [-0.2, -0.15) is 0 Å². The molecule has 0 radical (unpaired) electrons. The molecule has 5 heteroatoms. The molecule has 19 heavy (non-hydrogen) atoms. The number of piperazine rings is 1. The van der Waals surface area contributed by atoms with Crippen molar-refractivity contribution < 1.29 is 9.53 Å². The van der Waals surface area contributed by atoms with Crippen LogP contribution in [0.3, 0.4) is 0 Å². The largest absolute Gasteiger partial charge is 0.464 e. The first-order chi connectivity index (χ1) is 9.24. The predicted molar refractivity (Wildman–Crippen MR) is 74.0 cm³/mol. The molecule has 2 saturated heterocycles. The molecule has 0 aromatic heterocycles. The lowest BCUT2D eigenvalue weighted by atomic mass is 10.1. The van der Waals surface area contributed by atoms with E-state index in [0.29, 0.717) is 6.61 Å². The van der Waals surface area contributed by atoms with Gasteiger partial charge in [-0.1, -0.05) is 0 Å². The minimum Gasteiger partial charge on any atom is -0.464 e. The van der Waals surface area contributed by atoms with Crippen LogP contribution in [0.5, 0.6) is 0 Å². The molecular formula is C14H19N3O2. The maximum absolute atomic E-state index is 11.6. The number of carbonyl (C=O) groups excluding carboxylic acids is 1. The molecule has 2 aliphatic heterocycles. The quantitative estimate of drug-likeness (QED) is 0.627. The lowest BCUT2D eigenvalue weighted by Crippen LogP contribution is -2.51. The van der Waals surface area contributed by atoms with Crippen molar-refractivity contribution in [3.8, 4) is 0 Å². The Hall–Kier alpha value is -1.75. The minimum atomic E-state index is -0.0547. The highest BCUT2D eigenvalue weighted by Crippen LogP contribution is 2.21. The van der Waals surface area contributed by atoms with E-state index in [-0.39, 0.29) is 12.0 Å². The standard InChI is InChI=1S/C14H19N3O2/c15-11-1-3-12(4-2-11)16-6-8-17(9-7-16)13-5-10-19-14(13)18/h1-4,13H,5-10,15H2. The summed E-state index contributed by atoms with van der Waals surface area (Å²) in [7, 11) is 0.